The van der Waals surface area contributed by atoms with Crippen LogP contribution in [0.1, 0.15) is 18.9 Å². The van der Waals surface area contributed by atoms with Gasteiger partial charge in [0.2, 0.25) is 0 Å². The van der Waals surface area contributed by atoms with Crippen LogP contribution < -0.4 is 14.8 Å². The maximum absolute atomic E-state index is 12.5. The summed E-state index contributed by atoms with van der Waals surface area (Å²) >= 11 is 0. The van der Waals surface area contributed by atoms with Gasteiger partial charge in [-0.1, -0.05) is 42.8 Å². The fraction of sp³-hybridized carbons (Fsp3) is 0.174. The molecule has 0 unspecified atom stereocenters. The second kappa shape index (κ2) is 8.90. The number of hydrogen-bond acceptors (Lipinski definition) is 3. The summed E-state index contributed by atoms with van der Waals surface area (Å²) in [5.74, 6) is 2.00. The molecule has 1 atom stereocenters. The second-order valence-corrected chi connectivity index (χ2v) is 6.26. The third-order valence-electron chi connectivity index (χ3n) is 4.06. The van der Waals surface area contributed by atoms with Gasteiger partial charge in [0.05, 0.1) is 0 Å². The zero-order valence-electron chi connectivity index (χ0n) is 15.5. The van der Waals surface area contributed by atoms with Crippen molar-refractivity contribution in [2.75, 3.05) is 5.32 Å². The molecule has 3 rings (SSSR count). The smallest absolute Gasteiger partial charge is 0.265 e. The van der Waals surface area contributed by atoms with Crippen LogP contribution in [0.25, 0.3) is 0 Å². The van der Waals surface area contributed by atoms with Crippen molar-refractivity contribution in [2.45, 2.75) is 26.4 Å². The minimum Gasteiger partial charge on any atom is -0.481 e. The number of carbonyl (C=O) groups excluding carboxylic acids is 1. The molecular formula is C23H23NO3. The number of hydrogen-bond donors (Lipinski definition) is 1. The number of ether oxygens (including phenoxy) is 2. The Kier molecular flexibility index (Phi) is 6.10. The molecule has 4 nitrogen and oxygen atoms in total. The van der Waals surface area contributed by atoms with E-state index in [2.05, 4.69) is 5.32 Å². The summed E-state index contributed by atoms with van der Waals surface area (Å²) < 4.78 is 11.6. The van der Waals surface area contributed by atoms with Crippen LogP contribution in [0.4, 0.5) is 5.69 Å². The topological polar surface area (TPSA) is 47.6 Å². The molecule has 0 bridgehead atoms. The fourth-order valence-electron chi connectivity index (χ4n) is 2.56. The van der Waals surface area contributed by atoms with Gasteiger partial charge in [-0.2, -0.15) is 0 Å². The zero-order chi connectivity index (χ0) is 19.1. The molecular weight excluding hydrogens is 338 g/mol. The van der Waals surface area contributed by atoms with E-state index in [4.69, 9.17) is 9.47 Å². The lowest BCUT2D eigenvalue weighted by atomic mass is 10.2. The number of anilines is 1. The Balaban J connectivity index is 1.59. The predicted octanol–water partition coefficient (Wildman–Crippen LogP) is 5.58. The highest BCUT2D eigenvalue weighted by Gasteiger charge is 2.18. The summed E-state index contributed by atoms with van der Waals surface area (Å²) in [5.41, 5.74) is 1.85. The van der Waals surface area contributed by atoms with Gasteiger partial charge in [0.15, 0.2) is 6.10 Å². The Hall–Kier alpha value is -3.27. The molecule has 0 aromatic heterocycles. The number of para-hydroxylation sites is 1. The average molecular weight is 361 g/mol. The molecule has 0 spiro atoms. The summed E-state index contributed by atoms with van der Waals surface area (Å²) in [4.78, 5) is 12.5. The Morgan fingerprint density at radius 1 is 0.852 bits per heavy atom. The van der Waals surface area contributed by atoms with Crippen LogP contribution in [0.15, 0.2) is 78.9 Å². The van der Waals surface area contributed by atoms with E-state index < -0.39 is 6.10 Å². The highest BCUT2D eigenvalue weighted by molar-refractivity contribution is 5.94. The molecule has 0 fully saturated rings. The quantitative estimate of drug-likeness (QED) is 0.597. The van der Waals surface area contributed by atoms with Crippen LogP contribution in [-0.2, 0) is 4.79 Å². The largest absolute Gasteiger partial charge is 0.481 e. The third kappa shape index (κ3) is 5.35. The first-order chi connectivity index (χ1) is 13.1. The predicted molar refractivity (Wildman–Crippen MR) is 107 cm³/mol. The van der Waals surface area contributed by atoms with Gasteiger partial charge in [-0.25, -0.2) is 0 Å². The number of aryl methyl sites for hydroxylation is 1. The molecule has 0 aliphatic carbocycles. The number of nitrogens with one attached hydrogen (secondary N) is 1. The highest BCUT2D eigenvalue weighted by Crippen LogP contribution is 2.23. The Morgan fingerprint density at radius 3 is 2.07 bits per heavy atom. The Labute approximate surface area is 159 Å². The molecule has 0 aliphatic rings. The number of amides is 1. The molecule has 0 heterocycles. The van der Waals surface area contributed by atoms with Gasteiger partial charge in [-0.15, -0.1) is 0 Å². The standard InChI is InChI=1S/C23H23NO3/c1-3-22(27-21-13-9-17(2)10-14-21)23(25)24-18-11-15-20(16-12-18)26-19-7-5-4-6-8-19/h4-16,22H,3H2,1-2H3,(H,24,25)/t22-/m0/s1. The number of carbonyl (C=O) groups is 1. The van der Waals surface area contributed by atoms with Crippen LogP contribution in [0.2, 0.25) is 0 Å². The molecule has 27 heavy (non-hydrogen) atoms. The van der Waals surface area contributed by atoms with E-state index in [0.29, 0.717) is 23.6 Å². The zero-order valence-corrected chi connectivity index (χ0v) is 15.5. The van der Waals surface area contributed by atoms with E-state index in [-0.39, 0.29) is 5.91 Å². The minimum absolute atomic E-state index is 0.171. The summed E-state index contributed by atoms with van der Waals surface area (Å²) in [5, 5.41) is 2.90. The third-order valence-corrected chi connectivity index (χ3v) is 4.06. The summed E-state index contributed by atoms with van der Waals surface area (Å²) in [6.07, 6.45) is 0.0301. The van der Waals surface area contributed by atoms with E-state index in [0.717, 1.165) is 11.3 Å². The first kappa shape index (κ1) is 18.5. The lowest BCUT2D eigenvalue weighted by Gasteiger charge is -2.17. The molecule has 1 amide bonds. The molecule has 4 heteroatoms. The van der Waals surface area contributed by atoms with Gasteiger partial charge < -0.3 is 14.8 Å². The van der Waals surface area contributed by atoms with Gasteiger partial charge in [0.25, 0.3) is 5.91 Å². The van der Waals surface area contributed by atoms with Crippen molar-refractivity contribution < 1.29 is 14.3 Å². The SMILES string of the molecule is CC[C@H](Oc1ccc(C)cc1)C(=O)Nc1ccc(Oc2ccccc2)cc1. The lowest BCUT2D eigenvalue weighted by Crippen LogP contribution is -2.32. The van der Waals surface area contributed by atoms with Gasteiger partial charge >= 0.3 is 0 Å². The van der Waals surface area contributed by atoms with Crippen molar-refractivity contribution in [2.24, 2.45) is 0 Å². The van der Waals surface area contributed by atoms with Gasteiger partial charge in [-0.05, 0) is 61.9 Å². The molecule has 3 aromatic carbocycles. The van der Waals surface area contributed by atoms with Gasteiger partial charge in [0.1, 0.15) is 17.2 Å². The monoisotopic (exact) mass is 361 g/mol. The van der Waals surface area contributed by atoms with Crippen LogP contribution in [0, 0.1) is 6.92 Å². The molecule has 1 N–H and O–H groups in total. The molecule has 0 saturated carbocycles. The summed E-state index contributed by atoms with van der Waals surface area (Å²) in [7, 11) is 0. The van der Waals surface area contributed by atoms with E-state index >= 15 is 0 Å². The fourth-order valence-corrected chi connectivity index (χ4v) is 2.56. The van der Waals surface area contributed by atoms with Crippen molar-refractivity contribution in [1.29, 1.82) is 0 Å². The van der Waals surface area contributed by atoms with Gasteiger partial charge in [-0.3, -0.25) is 4.79 Å². The van der Waals surface area contributed by atoms with E-state index in [9.17, 15) is 4.79 Å². The minimum atomic E-state index is -0.548. The highest BCUT2D eigenvalue weighted by atomic mass is 16.5. The number of benzene rings is 3. The van der Waals surface area contributed by atoms with Gasteiger partial charge in [0, 0.05) is 5.69 Å². The molecule has 0 radical (unpaired) electrons. The van der Waals surface area contributed by atoms with Crippen LogP contribution in [-0.4, -0.2) is 12.0 Å². The normalized spacial score (nSPS) is 11.5. The Bertz CT molecular complexity index is 858. The van der Waals surface area contributed by atoms with Crippen molar-refractivity contribution in [3.63, 3.8) is 0 Å². The first-order valence-corrected chi connectivity index (χ1v) is 9.01. The van der Waals surface area contributed by atoms with Crippen molar-refractivity contribution >= 4 is 11.6 Å². The lowest BCUT2D eigenvalue weighted by molar-refractivity contribution is -0.122. The molecule has 0 saturated heterocycles. The van der Waals surface area contributed by atoms with Crippen LogP contribution in [0.5, 0.6) is 17.2 Å². The maximum Gasteiger partial charge on any atom is 0.265 e. The van der Waals surface area contributed by atoms with E-state index in [1.54, 1.807) is 0 Å². The van der Waals surface area contributed by atoms with E-state index in [1.165, 1.54) is 0 Å². The average Bonchev–Trinajstić information content (AvgIpc) is 2.70. The Morgan fingerprint density at radius 2 is 1.44 bits per heavy atom. The number of rotatable bonds is 7. The van der Waals surface area contributed by atoms with Crippen molar-refractivity contribution in [3.8, 4) is 17.2 Å². The van der Waals surface area contributed by atoms with Crippen LogP contribution >= 0.6 is 0 Å². The molecule has 138 valence electrons. The molecule has 0 aliphatic heterocycles. The second-order valence-electron chi connectivity index (χ2n) is 6.26. The van der Waals surface area contributed by atoms with Crippen molar-refractivity contribution in [3.05, 3.63) is 84.4 Å². The molecule has 3 aromatic rings. The maximum atomic E-state index is 12.5. The van der Waals surface area contributed by atoms with Crippen molar-refractivity contribution in [1.82, 2.24) is 0 Å². The first-order valence-electron chi connectivity index (χ1n) is 9.01. The summed E-state index contributed by atoms with van der Waals surface area (Å²) in [6, 6.07) is 24.5. The summed E-state index contributed by atoms with van der Waals surface area (Å²) in [6.45, 7) is 3.94. The van der Waals surface area contributed by atoms with Crippen LogP contribution in [0.3, 0.4) is 0 Å². The van der Waals surface area contributed by atoms with E-state index in [1.807, 2.05) is 92.7 Å².